The molecule has 0 radical (unpaired) electrons. The van der Waals surface area contributed by atoms with Crippen LogP contribution in [0.15, 0.2) is 0 Å². The zero-order valence-corrected chi connectivity index (χ0v) is 13.7. The second-order valence-corrected chi connectivity index (χ2v) is 7.26. The first-order chi connectivity index (χ1) is 8.56. The maximum absolute atomic E-state index is 9.90. The average Bonchev–Trinajstić information content (AvgIpc) is 2.21. The molecule has 0 amide bonds. The quantitative estimate of drug-likeness (QED) is 0.677. The van der Waals surface area contributed by atoms with Crippen LogP contribution in [0.3, 0.4) is 0 Å². The van der Waals surface area contributed by atoms with Gasteiger partial charge in [0.2, 0.25) is 0 Å². The van der Waals surface area contributed by atoms with Crippen molar-refractivity contribution in [1.82, 2.24) is 5.32 Å². The minimum atomic E-state index is -0.487. The highest BCUT2D eigenvalue weighted by Gasteiger charge is 2.25. The fraction of sp³-hybridized carbons (Fsp3) is 1.00. The number of hydrogen-bond acceptors (Lipinski definition) is 4. The Bertz CT molecular complexity index is 236. The van der Waals surface area contributed by atoms with Gasteiger partial charge in [-0.15, -0.1) is 0 Å². The van der Waals surface area contributed by atoms with Crippen molar-refractivity contribution in [2.24, 2.45) is 5.41 Å². The molecule has 116 valence electrons. The van der Waals surface area contributed by atoms with Crippen LogP contribution in [0.2, 0.25) is 0 Å². The Morgan fingerprint density at radius 2 is 1.68 bits per heavy atom. The summed E-state index contributed by atoms with van der Waals surface area (Å²) in [7, 11) is 1.65. The fourth-order valence-corrected chi connectivity index (χ4v) is 2.40. The van der Waals surface area contributed by atoms with E-state index in [1.54, 1.807) is 7.11 Å². The van der Waals surface area contributed by atoms with Gasteiger partial charge in [0.05, 0.1) is 25.4 Å². The van der Waals surface area contributed by atoms with Gasteiger partial charge in [-0.25, -0.2) is 0 Å². The van der Waals surface area contributed by atoms with Crippen molar-refractivity contribution in [1.29, 1.82) is 0 Å². The number of β-amino-alcohol motifs (C(OH)–C–C–N with tert-alkyl or cyclic N) is 1. The molecule has 0 rings (SSSR count). The Morgan fingerprint density at radius 1 is 1.11 bits per heavy atom. The SMILES string of the molecule is COCC(C)OCC(O)CNC(C)(C)CC(C)(C)C. The molecule has 0 heterocycles. The minimum absolute atomic E-state index is 0.0113. The second-order valence-electron chi connectivity index (χ2n) is 7.26. The van der Waals surface area contributed by atoms with Gasteiger partial charge in [-0.2, -0.15) is 0 Å². The van der Waals surface area contributed by atoms with E-state index in [9.17, 15) is 5.11 Å². The second kappa shape index (κ2) is 8.20. The van der Waals surface area contributed by atoms with Crippen LogP contribution in [0.25, 0.3) is 0 Å². The normalized spacial score (nSPS) is 16.4. The van der Waals surface area contributed by atoms with Crippen molar-refractivity contribution in [3.05, 3.63) is 0 Å². The summed E-state index contributed by atoms with van der Waals surface area (Å²) in [5.74, 6) is 0. The summed E-state index contributed by atoms with van der Waals surface area (Å²) < 4.78 is 10.5. The van der Waals surface area contributed by atoms with E-state index in [-0.39, 0.29) is 17.1 Å². The van der Waals surface area contributed by atoms with Crippen LogP contribution < -0.4 is 5.32 Å². The van der Waals surface area contributed by atoms with Crippen LogP contribution in [0.1, 0.15) is 48.0 Å². The molecule has 0 saturated heterocycles. The molecular formula is C15H33NO3. The summed E-state index contributed by atoms with van der Waals surface area (Å²) in [5.41, 5.74) is 0.280. The molecule has 19 heavy (non-hydrogen) atoms. The highest BCUT2D eigenvalue weighted by molar-refractivity contribution is 4.84. The molecule has 0 fully saturated rings. The van der Waals surface area contributed by atoms with Crippen LogP contribution in [-0.2, 0) is 9.47 Å². The number of hydrogen-bond donors (Lipinski definition) is 2. The summed E-state index contributed by atoms with van der Waals surface area (Å²) in [6.45, 7) is 14.4. The molecular weight excluding hydrogens is 242 g/mol. The molecule has 4 heteroatoms. The fourth-order valence-electron chi connectivity index (χ4n) is 2.40. The number of methoxy groups -OCH3 is 1. The van der Waals surface area contributed by atoms with Gasteiger partial charge in [-0.05, 0) is 32.6 Å². The first kappa shape index (κ1) is 18.8. The summed E-state index contributed by atoms with van der Waals surface area (Å²) in [6, 6.07) is 0. The first-order valence-electron chi connectivity index (χ1n) is 7.09. The highest BCUT2D eigenvalue weighted by Crippen LogP contribution is 2.26. The molecule has 0 aromatic rings. The largest absolute Gasteiger partial charge is 0.389 e. The van der Waals surface area contributed by atoms with Crippen molar-refractivity contribution >= 4 is 0 Å². The van der Waals surface area contributed by atoms with Gasteiger partial charge in [0.25, 0.3) is 0 Å². The average molecular weight is 275 g/mol. The summed E-state index contributed by atoms with van der Waals surface area (Å²) in [4.78, 5) is 0. The molecule has 0 spiro atoms. The van der Waals surface area contributed by atoms with Gasteiger partial charge in [-0.1, -0.05) is 20.8 Å². The number of aliphatic hydroxyl groups excluding tert-OH is 1. The summed E-state index contributed by atoms with van der Waals surface area (Å²) >= 11 is 0. The number of rotatable bonds is 9. The standard InChI is InChI=1S/C15H33NO3/c1-12(9-18-7)19-10-13(17)8-16-15(5,6)11-14(2,3)4/h12-13,16-17H,8-11H2,1-7H3. The molecule has 0 aliphatic rings. The summed E-state index contributed by atoms with van der Waals surface area (Å²) in [5, 5.41) is 13.3. The van der Waals surface area contributed by atoms with Crippen molar-refractivity contribution in [2.45, 2.75) is 65.7 Å². The Kier molecular flexibility index (Phi) is 8.13. The van der Waals surface area contributed by atoms with E-state index >= 15 is 0 Å². The topological polar surface area (TPSA) is 50.7 Å². The third-order valence-corrected chi connectivity index (χ3v) is 2.76. The molecule has 0 bridgehead atoms. The van der Waals surface area contributed by atoms with Crippen molar-refractivity contribution in [2.75, 3.05) is 26.9 Å². The van der Waals surface area contributed by atoms with E-state index in [0.717, 1.165) is 6.42 Å². The summed E-state index contributed by atoms with van der Waals surface area (Å²) in [6.07, 6.45) is 0.578. The number of ether oxygens (including phenoxy) is 2. The first-order valence-corrected chi connectivity index (χ1v) is 7.09. The van der Waals surface area contributed by atoms with Crippen LogP contribution in [-0.4, -0.2) is 49.7 Å². The predicted molar refractivity (Wildman–Crippen MR) is 79.5 cm³/mol. The molecule has 4 nitrogen and oxygen atoms in total. The molecule has 0 aliphatic carbocycles. The van der Waals surface area contributed by atoms with Crippen molar-refractivity contribution in [3.63, 3.8) is 0 Å². The van der Waals surface area contributed by atoms with E-state index in [4.69, 9.17) is 9.47 Å². The smallest absolute Gasteiger partial charge is 0.0898 e. The van der Waals surface area contributed by atoms with Gasteiger partial charge in [0.1, 0.15) is 0 Å². The molecule has 2 unspecified atom stereocenters. The lowest BCUT2D eigenvalue weighted by atomic mass is 9.82. The van der Waals surface area contributed by atoms with E-state index in [0.29, 0.717) is 19.8 Å². The zero-order chi connectivity index (χ0) is 15.1. The van der Waals surface area contributed by atoms with Gasteiger partial charge in [0.15, 0.2) is 0 Å². The van der Waals surface area contributed by atoms with Crippen LogP contribution in [0.4, 0.5) is 0 Å². The van der Waals surface area contributed by atoms with Gasteiger partial charge >= 0.3 is 0 Å². The minimum Gasteiger partial charge on any atom is -0.389 e. The Labute approximate surface area is 118 Å². The predicted octanol–water partition coefficient (Wildman–Crippen LogP) is 2.20. The van der Waals surface area contributed by atoms with Gasteiger partial charge in [0, 0.05) is 19.2 Å². The third kappa shape index (κ3) is 11.4. The Balaban J connectivity index is 3.91. The van der Waals surface area contributed by atoms with Gasteiger partial charge < -0.3 is 19.9 Å². The maximum Gasteiger partial charge on any atom is 0.0898 e. The molecule has 2 N–H and O–H groups in total. The van der Waals surface area contributed by atoms with Crippen LogP contribution >= 0.6 is 0 Å². The zero-order valence-electron chi connectivity index (χ0n) is 13.7. The van der Waals surface area contributed by atoms with E-state index in [2.05, 4.69) is 39.9 Å². The lowest BCUT2D eigenvalue weighted by Crippen LogP contribution is -2.46. The molecule has 0 aliphatic heterocycles. The maximum atomic E-state index is 9.90. The molecule has 0 saturated carbocycles. The molecule has 0 aromatic carbocycles. The lowest BCUT2D eigenvalue weighted by Gasteiger charge is -2.34. The van der Waals surface area contributed by atoms with E-state index in [1.807, 2.05) is 6.92 Å². The number of nitrogens with one attached hydrogen (secondary N) is 1. The number of aliphatic hydroxyl groups is 1. The third-order valence-electron chi connectivity index (χ3n) is 2.76. The highest BCUT2D eigenvalue weighted by atomic mass is 16.5. The molecule has 2 atom stereocenters. The lowest BCUT2D eigenvalue weighted by molar-refractivity contribution is -0.0327. The van der Waals surface area contributed by atoms with Gasteiger partial charge in [-0.3, -0.25) is 0 Å². The molecule has 0 aromatic heterocycles. The van der Waals surface area contributed by atoms with Crippen molar-refractivity contribution in [3.8, 4) is 0 Å². The Morgan fingerprint density at radius 3 is 2.16 bits per heavy atom. The van der Waals surface area contributed by atoms with E-state index < -0.39 is 6.10 Å². The van der Waals surface area contributed by atoms with Crippen molar-refractivity contribution < 1.29 is 14.6 Å². The monoisotopic (exact) mass is 275 g/mol. The van der Waals surface area contributed by atoms with Crippen LogP contribution in [0, 0.1) is 5.41 Å². The van der Waals surface area contributed by atoms with E-state index in [1.165, 1.54) is 0 Å². The van der Waals surface area contributed by atoms with Crippen LogP contribution in [0.5, 0.6) is 0 Å². The Hall–Kier alpha value is -0.160.